The first kappa shape index (κ1) is 9.82. The molecule has 1 aliphatic heterocycles. The van der Waals surface area contributed by atoms with Crippen LogP contribution >= 0.6 is 0 Å². The summed E-state index contributed by atoms with van der Waals surface area (Å²) in [6, 6.07) is 0. The van der Waals surface area contributed by atoms with E-state index in [2.05, 4.69) is 4.74 Å². The van der Waals surface area contributed by atoms with Gasteiger partial charge < -0.3 is 25.2 Å². The topological polar surface area (TPSA) is 90.2 Å². The molecule has 1 heterocycles. The van der Waals surface area contributed by atoms with Gasteiger partial charge in [-0.1, -0.05) is 0 Å². The van der Waals surface area contributed by atoms with Crippen LogP contribution in [0.15, 0.2) is 0 Å². The van der Waals surface area contributed by atoms with Gasteiger partial charge in [0, 0.05) is 0 Å². The van der Waals surface area contributed by atoms with Gasteiger partial charge in [0.05, 0.1) is 0 Å². The van der Waals surface area contributed by atoms with Gasteiger partial charge in [-0.05, 0) is 0 Å². The van der Waals surface area contributed by atoms with E-state index in [4.69, 9.17) is 20.4 Å². The molecule has 0 aliphatic carbocycles. The minimum atomic E-state index is -1.56. The lowest BCUT2D eigenvalue weighted by atomic mass is 10.1. The second-order valence-electron chi connectivity index (χ2n) is 2.69. The van der Waals surface area contributed by atoms with Crippen LogP contribution in [0.25, 0.3) is 0 Å². The Hall–Kier alpha value is -0.270. The zero-order valence-corrected chi connectivity index (χ0v) is 6.17. The van der Waals surface area contributed by atoms with E-state index in [0.29, 0.717) is 0 Å². The average Bonchev–Trinajstić information content (AvgIpc) is 2.32. The van der Waals surface area contributed by atoms with Crippen molar-refractivity contribution >= 4 is 0 Å². The molecular formula is C6H11FO5. The van der Waals surface area contributed by atoms with Crippen molar-refractivity contribution in [3.05, 3.63) is 0 Å². The van der Waals surface area contributed by atoms with E-state index in [-0.39, 0.29) is 0 Å². The molecule has 12 heavy (non-hydrogen) atoms. The van der Waals surface area contributed by atoms with E-state index in [1.165, 1.54) is 0 Å². The predicted octanol–water partition coefficient (Wildman–Crippen LogP) is -2.24. The number of hydrogen-bond donors (Lipinski definition) is 4. The summed E-state index contributed by atoms with van der Waals surface area (Å²) in [5.41, 5.74) is 0. The van der Waals surface area contributed by atoms with Gasteiger partial charge >= 0.3 is 0 Å². The van der Waals surface area contributed by atoms with Crippen LogP contribution < -0.4 is 0 Å². The third-order valence-electron chi connectivity index (χ3n) is 1.81. The van der Waals surface area contributed by atoms with Gasteiger partial charge in [-0.2, -0.15) is 0 Å². The van der Waals surface area contributed by atoms with Gasteiger partial charge in [-0.25, -0.2) is 4.39 Å². The second kappa shape index (κ2) is 3.63. The van der Waals surface area contributed by atoms with Crippen LogP contribution in [0.4, 0.5) is 4.39 Å². The first-order chi connectivity index (χ1) is 5.57. The van der Waals surface area contributed by atoms with Crippen LogP contribution in [0.5, 0.6) is 0 Å². The fraction of sp³-hybridized carbons (Fsp3) is 1.00. The van der Waals surface area contributed by atoms with Crippen molar-refractivity contribution in [3.8, 4) is 0 Å². The molecule has 1 rings (SSSR count). The maximum absolute atomic E-state index is 11.9. The molecule has 0 unspecified atom stereocenters. The lowest BCUT2D eigenvalue weighted by Crippen LogP contribution is -2.39. The van der Waals surface area contributed by atoms with E-state index >= 15 is 0 Å². The molecule has 0 bridgehead atoms. The molecule has 0 saturated carbocycles. The summed E-state index contributed by atoms with van der Waals surface area (Å²) in [5.74, 6) is 0. The highest BCUT2D eigenvalue weighted by Gasteiger charge is 2.45. The molecule has 0 spiro atoms. The largest absolute Gasteiger partial charge is 0.388 e. The SMILES string of the molecule is O[C@H]1[C@H](O)[C@@H](O)O[C@@H]1[C@@H](O)CF. The minimum absolute atomic E-state index is 1.10. The number of alkyl halides is 1. The summed E-state index contributed by atoms with van der Waals surface area (Å²) in [5, 5.41) is 35.7. The van der Waals surface area contributed by atoms with Crippen LogP contribution in [0.3, 0.4) is 0 Å². The van der Waals surface area contributed by atoms with Crippen molar-refractivity contribution in [3.63, 3.8) is 0 Å². The number of aliphatic hydroxyl groups excluding tert-OH is 4. The zero-order valence-electron chi connectivity index (χ0n) is 6.17. The Bertz CT molecular complexity index is 155. The van der Waals surface area contributed by atoms with E-state index in [0.717, 1.165) is 0 Å². The molecule has 0 aromatic heterocycles. The van der Waals surface area contributed by atoms with E-state index < -0.39 is 37.4 Å². The Labute approximate surface area is 68.0 Å². The van der Waals surface area contributed by atoms with Crippen molar-refractivity contribution < 1.29 is 29.6 Å². The molecule has 6 heteroatoms. The molecule has 1 fully saturated rings. The summed E-state index contributed by atoms with van der Waals surface area (Å²) in [6.45, 7) is -1.10. The Morgan fingerprint density at radius 3 is 2.17 bits per heavy atom. The number of halogens is 1. The van der Waals surface area contributed by atoms with Crippen molar-refractivity contribution in [1.29, 1.82) is 0 Å². The minimum Gasteiger partial charge on any atom is -0.388 e. The number of ether oxygens (including phenoxy) is 1. The van der Waals surface area contributed by atoms with Crippen molar-refractivity contribution in [2.24, 2.45) is 0 Å². The second-order valence-corrected chi connectivity index (χ2v) is 2.69. The standard InChI is InChI=1S/C6H11FO5/c7-1-2(8)5-3(9)4(10)6(11)12-5/h2-6,8-11H,1H2/t2-,3-,4-,5+,6-/m0/s1. The highest BCUT2D eigenvalue weighted by atomic mass is 19.1. The maximum atomic E-state index is 11.9. The van der Waals surface area contributed by atoms with Crippen LogP contribution in [0, 0.1) is 0 Å². The smallest absolute Gasteiger partial charge is 0.184 e. The first-order valence-corrected chi connectivity index (χ1v) is 3.51. The summed E-state index contributed by atoms with van der Waals surface area (Å²) in [4.78, 5) is 0. The van der Waals surface area contributed by atoms with Gasteiger partial charge in [0.1, 0.15) is 31.1 Å². The van der Waals surface area contributed by atoms with Gasteiger partial charge in [-0.3, -0.25) is 0 Å². The fourth-order valence-corrected chi connectivity index (χ4v) is 1.09. The van der Waals surface area contributed by atoms with Crippen LogP contribution in [0.2, 0.25) is 0 Å². The third kappa shape index (κ3) is 1.57. The Morgan fingerprint density at radius 1 is 1.25 bits per heavy atom. The molecule has 72 valence electrons. The number of aliphatic hydroxyl groups is 4. The quantitative estimate of drug-likeness (QED) is 0.387. The number of rotatable bonds is 2. The predicted molar refractivity (Wildman–Crippen MR) is 34.9 cm³/mol. The molecule has 0 amide bonds. The van der Waals surface area contributed by atoms with E-state index in [9.17, 15) is 4.39 Å². The lowest BCUT2D eigenvalue weighted by molar-refractivity contribution is -0.147. The van der Waals surface area contributed by atoms with Crippen LogP contribution in [0.1, 0.15) is 0 Å². The van der Waals surface area contributed by atoms with Crippen molar-refractivity contribution in [2.75, 3.05) is 6.67 Å². The fourth-order valence-electron chi connectivity index (χ4n) is 1.09. The molecule has 0 aromatic carbocycles. The summed E-state index contributed by atoms with van der Waals surface area (Å²) in [6.07, 6.45) is -7.29. The normalized spacial score (nSPS) is 44.8. The summed E-state index contributed by atoms with van der Waals surface area (Å²) in [7, 11) is 0. The monoisotopic (exact) mass is 182 g/mol. The summed E-state index contributed by atoms with van der Waals surface area (Å²) >= 11 is 0. The highest BCUT2D eigenvalue weighted by molar-refractivity contribution is 4.89. The average molecular weight is 182 g/mol. The van der Waals surface area contributed by atoms with Crippen molar-refractivity contribution in [1.82, 2.24) is 0 Å². The van der Waals surface area contributed by atoms with Gasteiger partial charge in [-0.15, -0.1) is 0 Å². The zero-order chi connectivity index (χ0) is 9.30. The summed E-state index contributed by atoms with van der Waals surface area (Å²) < 4.78 is 16.4. The van der Waals surface area contributed by atoms with E-state index in [1.807, 2.05) is 0 Å². The molecule has 0 aromatic rings. The highest BCUT2D eigenvalue weighted by Crippen LogP contribution is 2.22. The number of hydrogen-bond acceptors (Lipinski definition) is 5. The molecule has 5 atom stereocenters. The molecule has 0 radical (unpaired) electrons. The van der Waals surface area contributed by atoms with Gasteiger partial charge in [0.2, 0.25) is 0 Å². The Kier molecular flexibility index (Phi) is 2.97. The molecule has 1 saturated heterocycles. The lowest BCUT2D eigenvalue weighted by Gasteiger charge is -2.17. The van der Waals surface area contributed by atoms with Crippen LogP contribution in [-0.2, 0) is 4.74 Å². The third-order valence-corrected chi connectivity index (χ3v) is 1.81. The Morgan fingerprint density at radius 2 is 1.83 bits per heavy atom. The maximum Gasteiger partial charge on any atom is 0.184 e. The van der Waals surface area contributed by atoms with E-state index in [1.54, 1.807) is 0 Å². The van der Waals surface area contributed by atoms with Crippen molar-refractivity contribution in [2.45, 2.75) is 30.7 Å². The van der Waals surface area contributed by atoms with Crippen LogP contribution in [-0.4, -0.2) is 57.8 Å². The first-order valence-electron chi connectivity index (χ1n) is 3.51. The molecule has 4 N–H and O–H groups in total. The van der Waals surface area contributed by atoms with Gasteiger partial charge in [0.25, 0.3) is 0 Å². The molecular weight excluding hydrogens is 171 g/mol. The molecule has 1 aliphatic rings. The Balaban J connectivity index is 2.58. The van der Waals surface area contributed by atoms with Gasteiger partial charge in [0.15, 0.2) is 6.29 Å². The molecule has 5 nitrogen and oxygen atoms in total.